The summed E-state index contributed by atoms with van der Waals surface area (Å²) in [5, 5.41) is 8.93. The van der Waals surface area contributed by atoms with E-state index < -0.39 is 30.3 Å². The molecule has 0 aromatic carbocycles. The largest absolute Gasteiger partial charge is 0.393 e. The second-order valence-electron chi connectivity index (χ2n) is 4.02. The molecule has 1 aliphatic heterocycles. The van der Waals surface area contributed by atoms with Gasteiger partial charge in [0.05, 0.1) is 12.9 Å². The Kier molecular flexibility index (Phi) is 2.57. The molecule has 0 amide bonds. The van der Waals surface area contributed by atoms with Crippen molar-refractivity contribution in [2.75, 3.05) is 12.3 Å². The highest BCUT2D eigenvalue weighted by Gasteiger charge is 2.29. The van der Waals surface area contributed by atoms with Crippen LogP contribution < -0.4 is 11.3 Å². The number of aliphatic hydroxyl groups is 1. The van der Waals surface area contributed by atoms with Crippen LogP contribution in [0.1, 0.15) is 6.23 Å². The Morgan fingerprint density at radius 1 is 1.63 bits per heavy atom. The van der Waals surface area contributed by atoms with Gasteiger partial charge in [0.1, 0.15) is 11.9 Å². The summed E-state index contributed by atoms with van der Waals surface area (Å²) in [4.78, 5) is 21.7. The lowest BCUT2D eigenvalue weighted by atomic mass is 10.3. The SMILES string of the molecule is Nc1nc2c(ncn2[C@H]2C=C(F)[C@@H](CO)O2)c(=O)[nH]1. The van der Waals surface area contributed by atoms with Gasteiger partial charge in [-0.15, -0.1) is 0 Å². The van der Waals surface area contributed by atoms with Gasteiger partial charge < -0.3 is 15.6 Å². The van der Waals surface area contributed by atoms with Crippen molar-refractivity contribution >= 4 is 17.1 Å². The van der Waals surface area contributed by atoms with Gasteiger partial charge in [0.15, 0.2) is 17.4 Å². The Morgan fingerprint density at radius 2 is 2.42 bits per heavy atom. The molecule has 4 N–H and O–H groups in total. The van der Waals surface area contributed by atoms with Gasteiger partial charge in [0.2, 0.25) is 5.95 Å². The van der Waals surface area contributed by atoms with Crippen molar-refractivity contribution in [1.82, 2.24) is 19.5 Å². The molecule has 0 saturated carbocycles. The minimum Gasteiger partial charge on any atom is -0.393 e. The number of nitrogens with one attached hydrogen (secondary N) is 1. The quantitative estimate of drug-likeness (QED) is 0.671. The smallest absolute Gasteiger partial charge is 0.280 e. The zero-order chi connectivity index (χ0) is 13.6. The van der Waals surface area contributed by atoms with Crippen LogP contribution in [0.2, 0.25) is 0 Å². The van der Waals surface area contributed by atoms with Gasteiger partial charge in [-0.05, 0) is 6.08 Å². The highest BCUT2D eigenvalue weighted by Crippen LogP contribution is 2.29. The number of aromatic nitrogens is 4. The third-order valence-electron chi connectivity index (χ3n) is 2.80. The van der Waals surface area contributed by atoms with Gasteiger partial charge in [0, 0.05) is 0 Å². The van der Waals surface area contributed by atoms with Crippen LogP contribution in [-0.2, 0) is 4.74 Å². The Morgan fingerprint density at radius 3 is 3.11 bits per heavy atom. The molecule has 9 heteroatoms. The van der Waals surface area contributed by atoms with E-state index in [0.717, 1.165) is 0 Å². The molecule has 0 unspecified atom stereocenters. The van der Waals surface area contributed by atoms with Gasteiger partial charge in [-0.1, -0.05) is 0 Å². The van der Waals surface area contributed by atoms with E-state index in [4.69, 9.17) is 15.6 Å². The number of anilines is 1. The minimum atomic E-state index is -1.01. The first-order valence-corrected chi connectivity index (χ1v) is 5.46. The first-order chi connectivity index (χ1) is 9.10. The first kappa shape index (κ1) is 11.8. The van der Waals surface area contributed by atoms with E-state index >= 15 is 0 Å². The van der Waals surface area contributed by atoms with Crippen LogP contribution in [-0.4, -0.2) is 37.3 Å². The molecule has 0 saturated heterocycles. The normalized spacial score (nSPS) is 22.9. The standard InChI is InChI=1S/C10H10FN5O3/c11-4-1-6(19-5(4)2-17)16-3-13-7-8(16)14-10(12)15-9(7)18/h1,3,5-6,17H,2H2,(H3,12,14,15,18)/t5-,6-/m1/s1. The van der Waals surface area contributed by atoms with Crippen molar-refractivity contribution in [2.45, 2.75) is 12.3 Å². The van der Waals surface area contributed by atoms with Crippen molar-refractivity contribution in [3.8, 4) is 0 Å². The minimum absolute atomic E-state index is 0.0691. The molecule has 0 spiro atoms. The van der Waals surface area contributed by atoms with Gasteiger partial charge in [0.25, 0.3) is 5.56 Å². The number of fused-ring (bicyclic) bond motifs is 1. The summed E-state index contributed by atoms with van der Waals surface area (Å²) in [7, 11) is 0. The topological polar surface area (TPSA) is 119 Å². The van der Waals surface area contributed by atoms with E-state index in [-0.39, 0.29) is 17.1 Å². The summed E-state index contributed by atoms with van der Waals surface area (Å²) >= 11 is 0. The van der Waals surface area contributed by atoms with Crippen LogP contribution in [0.15, 0.2) is 23.0 Å². The van der Waals surface area contributed by atoms with Crippen LogP contribution in [0, 0.1) is 0 Å². The van der Waals surface area contributed by atoms with Crippen molar-refractivity contribution in [3.63, 3.8) is 0 Å². The molecule has 2 aromatic heterocycles. The van der Waals surface area contributed by atoms with Gasteiger partial charge >= 0.3 is 0 Å². The number of H-pyrrole nitrogens is 1. The summed E-state index contributed by atoms with van der Waals surface area (Å²) in [6.45, 7) is -0.471. The zero-order valence-corrected chi connectivity index (χ0v) is 9.58. The average molecular weight is 267 g/mol. The molecule has 19 heavy (non-hydrogen) atoms. The molecule has 3 rings (SSSR count). The number of nitrogens with zero attached hydrogens (tertiary/aromatic N) is 3. The highest BCUT2D eigenvalue weighted by molar-refractivity contribution is 5.70. The van der Waals surface area contributed by atoms with Crippen LogP contribution in [0.4, 0.5) is 10.3 Å². The molecular formula is C10H10FN5O3. The molecule has 1 aliphatic rings. The number of hydrogen-bond donors (Lipinski definition) is 3. The number of nitrogen functional groups attached to an aromatic ring is 1. The lowest BCUT2D eigenvalue weighted by Gasteiger charge is -2.13. The predicted octanol–water partition coefficient (Wildman–Crippen LogP) is -0.555. The maximum atomic E-state index is 13.4. The fourth-order valence-corrected chi connectivity index (χ4v) is 1.92. The fraction of sp³-hybridized carbons (Fsp3) is 0.300. The zero-order valence-electron chi connectivity index (χ0n) is 9.58. The van der Waals surface area contributed by atoms with E-state index in [1.165, 1.54) is 17.0 Å². The van der Waals surface area contributed by atoms with E-state index in [1.807, 2.05) is 0 Å². The molecule has 0 fully saturated rings. The predicted molar refractivity (Wildman–Crippen MR) is 62.7 cm³/mol. The Bertz CT molecular complexity index is 722. The van der Waals surface area contributed by atoms with E-state index in [2.05, 4.69) is 15.0 Å². The summed E-state index contributed by atoms with van der Waals surface area (Å²) in [6, 6.07) is 0. The van der Waals surface area contributed by atoms with Crippen LogP contribution in [0.3, 0.4) is 0 Å². The summed E-state index contributed by atoms with van der Waals surface area (Å²) < 4.78 is 20.1. The fourth-order valence-electron chi connectivity index (χ4n) is 1.92. The second-order valence-corrected chi connectivity index (χ2v) is 4.02. The van der Waals surface area contributed by atoms with Gasteiger partial charge in [-0.3, -0.25) is 14.3 Å². The third kappa shape index (κ3) is 1.79. The molecule has 3 heterocycles. The number of imidazole rings is 1. The molecule has 100 valence electrons. The van der Waals surface area contributed by atoms with Crippen LogP contribution >= 0.6 is 0 Å². The number of halogens is 1. The number of ether oxygens (including phenoxy) is 1. The average Bonchev–Trinajstić information content (AvgIpc) is 2.92. The molecule has 8 nitrogen and oxygen atoms in total. The molecule has 2 aromatic rings. The molecular weight excluding hydrogens is 257 g/mol. The van der Waals surface area contributed by atoms with Gasteiger partial charge in [-0.2, -0.15) is 4.98 Å². The number of hydrogen-bond acceptors (Lipinski definition) is 6. The van der Waals surface area contributed by atoms with Crippen LogP contribution in [0.25, 0.3) is 11.2 Å². The molecule has 0 aliphatic carbocycles. The van der Waals surface area contributed by atoms with Crippen molar-refractivity contribution < 1.29 is 14.2 Å². The summed E-state index contributed by atoms with van der Waals surface area (Å²) in [5.74, 6) is -0.646. The number of rotatable bonds is 2. The van der Waals surface area contributed by atoms with Crippen molar-refractivity contribution in [3.05, 3.63) is 28.6 Å². The second kappa shape index (κ2) is 4.14. The highest BCUT2D eigenvalue weighted by atomic mass is 19.1. The number of nitrogens with two attached hydrogens (primary N) is 1. The summed E-state index contributed by atoms with van der Waals surface area (Å²) in [6.07, 6.45) is 0.652. The monoisotopic (exact) mass is 267 g/mol. The molecule has 2 atom stereocenters. The lowest BCUT2D eigenvalue weighted by Crippen LogP contribution is -2.18. The van der Waals surface area contributed by atoms with E-state index in [9.17, 15) is 9.18 Å². The third-order valence-corrected chi connectivity index (χ3v) is 2.80. The Hall–Kier alpha value is -2.26. The van der Waals surface area contributed by atoms with Gasteiger partial charge in [-0.25, -0.2) is 9.37 Å². The van der Waals surface area contributed by atoms with Crippen LogP contribution in [0.5, 0.6) is 0 Å². The maximum Gasteiger partial charge on any atom is 0.280 e. The Labute approximate surface area is 105 Å². The van der Waals surface area contributed by atoms with Crippen molar-refractivity contribution in [2.24, 2.45) is 0 Å². The summed E-state index contributed by atoms with van der Waals surface area (Å²) in [5.41, 5.74) is 5.24. The lowest BCUT2D eigenvalue weighted by molar-refractivity contribution is -0.0163. The van der Waals surface area contributed by atoms with E-state index in [0.29, 0.717) is 0 Å². The first-order valence-electron chi connectivity index (χ1n) is 5.46. The Balaban J connectivity index is 2.10. The maximum absolute atomic E-state index is 13.4. The molecule has 0 bridgehead atoms. The number of aromatic amines is 1. The van der Waals surface area contributed by atoms with Crippen molar-refractivity contribution in [1.29, 1.82) is 0 Å². The number of aliphatic hydroxyl groups excluding tert-OH is 1. The molecule has 0 radical (unpaired) electrons. The van der Waals surface area contributed by atoms with E-state index in [1.54, 1.807) is 0 Å².